The smallest absolute Gasteiger partial charge is 0.407 e. The van der Waals surface area contributed by atoms with Gasteiger partial charge in [0.2, 0.25) is 0 Å². The molecule has 1 aromatic carbocycles. The van der Waals surface area contributed by atoms with E-state index in [0.29, 0.717) is 6.42 Å². The molecular weight excluding hydrogens is 268 g/mol. The van der Waals surface area contributed by atoms with Gasteiger partial charge in [-0.1, -0.05) is 0 Å². The number of alkyl carbamates (subject to hydrolysis) is 1. The average molecular weight is 280 g/mol. The zero-order valence-corrected chi connectivity index (χ0v) is 10.4. The fourth-order valence-electron chi connectivity index (χ4n) is 1.75. The zero-order valence-electron chi connectivity index (χ0n) is 9.54. The minimum absolute atomic E-state index is 0. The highest BCUT2D eigenvalue weighted by Gasteiger charge is 2.26. The van der Waals surface area contributed by atoms with Crippen LogP contribution >= 0.6 is 12.4 Å². The van der Waals surface area contributed by atoms with Crippen LogP contribution in [0.15, 0.2) is 12.1 Å². The average Bonchev–Trinajstić information content (AvgIpc) is 2.28. The molecule has 4 nitrogen and oxygen atoms in total. The topological polar surface area (TPSA) is 47.6 Å². The van der Waals surface area contributed by atoms with E-state index in [1.165, 1.54) is 7.11 Å². The molecule has 0 aliphatic carbocycles. The molecule has 1 N–H and O–H groups in total. The Morgan fingerprint density at radius 1 is 1.39 bits per heavy atom. The molecule has 1 amide bonds. The number of cyclic esters (lactones) is 1. The van der Waals surface area contributed by atoms with E-state index < -0.39 is 23.8 Å². The van der Waals surface area contributed by atoms with Crippen LogP contribution in [0, 0.1) is 11.6 Å². The first-order valence-corrected chi connectivity index (χ1v) is 5.08. The maximum Gasteiger partial charge on any atom is 0.407 e. The van der Waals surface area contributed by atoms with Crippen molar-refractivity contribution >= 4 is 18.5 Å². The molecule has 0 radical (unpaired) electrons. The molecule has 0 unspecified atom stereocenters. The van der Waals surface area contributed by atoms with E-state index in [9.17, 15) is 13.6 Å². The molecule has 0 bridgehead atoms. The molecule has 1 saturated heterocycles. The van der Waals surface area contributed by atoms with Crippen LogP contribution in [0.2, 0.25) is 0 Å². The van der Waals surface area contributed by atoms with E-state index in [1.54, 1.807) is 0 Å². The first-order valence-electron chi connectivity index (χ1n) is 5.08. The Labute approximate surface area is 109 Å². The number of amides is 1. The van der Waals surface area contributed by atoms with Gasteiger partial charge in [0.15, 0.2) is 0 Å². The third-order valence-corrected chi connectivity index (χ3v) is 2.57. The summed E-state index contributed by atoms with van der Waals surface area (Å²) < 4.78 is 36.8. The van der Waals surface area contributed by atoms with Gasteiger partial charge in [-0.25, -0.2) is 13.6 Å². The van der Waals surface area contributed by atoms with Crippen molar-refractivity contribution in [1.29, 1.82) is 0 Å². The van der Waals surface area contributed by atoms with Gasteiger partial charge >= 0.3 is 6.09 Å². The van der Waals surface area contributed by atoms with E-state index in [4.69, 9.17) is 4.74 Å². The molecule has 1 aromatic rings. The molecule has 1 aliphatic heterocycles. The Balaban J connectivity index is 0.00000162. The molecule has 18 heavy (non-hydrogen) atoms. The van der Waals surface area contributed by atoms with Crippen molar-refractivity contribution in [2.24, 2.45) is 0 Å². The monoisotopic (exact) mass is 279 g/mol. The zero-order chi connectivity index (χ0) is 12.4. The lowest BCUT2D eigenvalue weighted by Gasteiger charge is -2.24. The van der Waals surface area contributed by atoms with Gasteiger partial charge in [-0.3, -0.25) is 0 Å². The standard InChI is InChI=1S/C11H11F2NO3.ClH/c1-16-6-4-7(12)10(8(13)5-6)9-2-3-17-11(15)14-9;/h4-5,9H,2-3H2,1H3,(H,14,15);1H/t9-;/m0./s1. The summed E-state index contributed by atoms with van der Waals surface area (Å²) in [5.41, 5.74) is -0.164. The Bertz CT molecular complexity index is 433. The van der Waals surface area contributed by atoms with Gasteiger partial charge in [-0.05, 0) is 0 Å². The number of hydrogen-bond acceptors (Lipinski definition) is 3. The highest BCUT2D eigenvalue weighted by Crippen LogP contribution is 2.28. The van der Waals surface area contributed by atoms with Crippen molar-refractivity contribution in [3.63, 3.8) is 0 Å². The predicted molar refractivity (Wildman–Crippen MR) is 62.0 cm³/mol. The molecule has 0 spiro atoms. The lowest BCUT2D eigenvalue weighted by Crippen LogP contribution is -2.36. The number of methoxy groups -OCH3 is 1. The molecule has 2 rings (SSSR count). The lowest BCUT2D eigenvalue weighted by atomic mass is 10.0. The van der Waals surface area contributed by atoms with Gasteiger partial charge in [-0.15, -0.1) is 12.4 Å². The highest BCUT2D eigenvalue weighted by molar-refractivity contribution is 5.85. The largest absolute Gasteiger partial charge is 0.497 e. The minimum Gasteiger partial charge on any atom is -0.497 e. The van der Waals surface area contributed by atoms with Crippen LogP contribution in [0.1, 0.15) is 18.0 Å². The maximum absolute atomic E-state index is 13.7. The van der Waals surface area contributed by atoms with E-state index in [0.717, 1.165) is 12.1 Å². The molecule has 1 aliphatic rings. The summed E-state index contributed by atoms with van der Waals surface area (Å²) in [5.74, 6) is -1.38. The first-order chi connectivity index (χ1) is 8.11. The van der Waals surface area contributed by atoms with Gasteiger partial charge in [0.1, 0.15) is 17.4 Å². The third-order valence-electron chi connectivity index (χ3n) is 2.57. The molecule has 100 valence electrons. The molecule has 7 heteroatoms. The summed E-state index contributed by atoms with van der Waals surface area (Å²) in [6.45, 7) is 0.140. The second-order valence-electron chi connectivity index (χ2n) is 3.63. The van der Waals surface area contributed by atoms with E-state index in [1.807, 2.05) is 0 Å². The van der Waals surface area contributed by atoms with Gasteiger partial charge in [0, 0.05) is 24.1 Å². The Hall–Kier alpha value is -1.56. The Kier molecular flexibility index (Phi) is 4.72. The predicted octanol–water partition coefficient (Wildman–Crippen LogP) is 2.57. The van der Waals surface area contributed by atoms with Crippen molar-refractivity contribution in [3.05, 3.63) is 29.3 Å². The summed E-state index contributed by atoms with van der Waals surface area (Å²) >= 11 is 0. The van der Waals surface area contributed by atoms with Crippen molar-refractivity contribution in [2.45, 2.75) is 12.5 Å². The summed E-state index contributed by atoms with van der Waals surface area (Å²) in [6.07, 6.45) is -0.345. The molecule has 0 aromatic heterocycles. The SMILES string of the molecule is COc1cc(F)c([C@@H]2CCOC(=O)N2)c(F)c1.Cl. The van der Waals surface area contributed by atoms with Crippen LogP contribution < -0.4 is 10.1 Å². The molecular formula is C11H12ClF2NO3. The molecule has 1 fully saturated rings. The quantitative estimate of drug-likeness (QED) is 0.905. The van der Waals surface area contributed by atoms with Gasteiger partial charge in [0.25, 0.3) is 0 Å². The van der Waals surface area contributed by atoms with E-state index in [-0.39, 0.29) is 30.3 Å². The van der Waals surface area contributed by atoms with Crippen LogP contribution in [0.25, 0.3) is 0 Å². The summed E-state index contributed by atoms with van der Waals surface area (Å²) in [4.78, 5) is 11.0. The molecule has 0 saturated carbocycles. The summed E-state index contributed by atoms with van der Waals surface area (Å²) in [6, 6.07) is 1.46. The number of halogens is 3. The van der Waals surface area contributed by atoms with Crippen molar-refractivity contribution in [1.82, 2.24) is 5.32 Å². The lowest BCUT2D eigenvalue weighted by molar-refractivity contribution is 0.114. The number of nitrogens with one attached hydrogen (secondary N) is 1. The second kappa shape index (κ2) is 5.86. The van der Waals surface area contributed by atoms with Gasteiger partial charge in [0.05, 0.1) is 19.8 Å². The van der Waals surface area contributed by atoms with Crippen LogP contribution in [0.5, 0.6) is 5.75 Å². The minimum atomic E-state index is -0.742. The highest BCUT2D eigenvalue weighted by atomic mass is 35.5. The summed E-state index contributed by atoms with van der Waals surface area (Å²) in [7, 11) is 1.32. The fraction of sp³-hybridized carbons (Fsp3) is 0.364. The number of ether oxygens (including phenoxy) is 2. The second-order valence-corrected chi connectivity index (χ2v) is 3.63. The Morgan fingerprint density at radius 3 is 2.50 bits per heavy atom. The number of carbonyl (C=O) groups is 1. The number of carbonyl (C=O) groups excluding carboxylic acids is 1. The maximum atomic E-state index is 13.7. The third kappa shape index (κ3) is 2.81. The van der Waals surface area contributed by atoms with Crippen LogP contribution in [0.3, 0.4) is 0 Å². The Morgan fingerprint density at radius 2 is 2.00 bits per heavy atom. The van der Waals surface area contributed by atoms with Gasteiger partial charge < -0.3 is 14.8 Å². The normalized spacial score (nSPS) is 18.4. The van der Waals surface area contributed by atoms with Crippen LogP contribution in [0.4, 0.5) is 13.6 Å². The van der Waals surface area contributed by atoms with E-state index >= 15 is 0 Å². The summed E-state index contributed by atoms with van der Waals surface area (Å²) in [5, 5.41) is 2.37. The van der Waals surface area contributed by atoms with Crippen molar-refractivity contribution < 1.29 is 23.0 Å². The fourth-order valence-corrected chi connectivity index (χ4v) is 1.75. The number of hydrogen-bond donors (Lipinski definition) is 1. The van der Waals surface area contributed by atoms with Crippen molar-refractivity contribution in [3.8, 4) is 5.75 Å². The molecule has 1 atom stereocenters. The number of rotatable bonds is 2. The number of benzene rings is 1. The van der Waals surface area contributed by atoms with Crippen LogP contribution in [-0.4, -0.2) is 19.8 Å². The first kappa shape index (κ1) is 14.5. The molecule has 1 heterocycles. The van der Waals surface area contributed by atoms with Crippen LogP contribution in [-0.2, 0) is 4.74 Å². The van der Waals surface area contributed by atoms with Gasteiger partial charge in [-0.2, -0.15) is 0 Å². The van der Waals surface area contributed by atoms with E-state index in [2.05, 4.69) is 10.1 Å². The van der Waals surface area contributed by atoms with Crippen molar-refractivity contribution in [2.75, 3.05) is 13.7 Å².